The SMILES string of the molecule is COCCOCC(N)c1cncc(C)c1. The van der Waals surface area contributed by atoms with Gasteiger partial charge >= 0.3 is 0 Å². The average Bonchev–Trinajstić information content (AvgIpc) is 2.24. The molecule has 15 heavy (non-hydrogen) atoms. The first-order valence-corrected chi connectivity index (χ1v) is 4.98. The maximum Gasteiger partial charge on any atom is 0.0701 e. The van der Waals surface area contributed by atoms with Crippen LogP contribution in [0.2, 0.25) is 0 Å². The van der Waals surface area contributed by atoms with E-state index in [2.05, 4.69) is 4.98 Å². The van der Waals surface area contributed by atoms with Gasteiger partial charge in [0.15, 0.2) is 0 Å². The molecule has 1 heterocycles. The first kappa shape index (κ1) is 12.1. The Morgan fingerprint density at radius 3 is 2.87 bits per heavy atom. The van der Waals surface area contributed by atoms with Crippen molar-refractivity contribution >= 4 is 0 Å². The van der Waals surface area contributed by atoms with E-state index in [1.54, 1.807) is 13.3 Å². The van der Waals surface area contributed by atoms with Crippen molar-refractivity contribution < 1.29 is 9.47 Å². The number of nitrogens with two attached hydrogens (primary N) is 1. The predicted octanol–water partition coefficient (Wildman–Crippen LogP) is 1.05. The minimum absolute atomic E-state index is 0.116. The number of rotatable bonds is 6. The van der Waals surface area contributed by atoms with E-state index in [4.69, 9.17) is 15.2 Å². The highest BCUT2D eigenvalue weighted by Crippen LogP contribution is 2.10. The monoisotopic (exact) mass is 210 g/mol. The Morgan fingerprint density at radius 1 is 1.40 bits per heavy atom. The second-order valence-corrected chi connectivity index (χ2v) is 3.47. The maximum atomic E-state index is 5.94. The summed E-state index contributed by atoms with van der Waals surface area (Å²) in [6, 6.07) is 1.91. The Balaban J connectivity index is 2.36. The lowest BCUT2D eigenvalue weighted by atomic mass is 10.1. The van der Waals surface area contributed by atoms with E-state index in [0.29, 0.717) is 19.8 Å². The summed E-state index contributed by atoms with van der Waals surface area (Å²) in [6.07, 6.45) is 3.58. The Kier molecular flexibility index (Phi) is 5.25. The maximum absolute atomic E-state index is 5.94. The fraction of sp³-hybridized carbons (Fsp3) is 0.545. The Labute approximate surface area is 90.4 Å². The summed E-state index contributed by atoms with van der Waals surface area (Å²) in [7, 11) is 1.65. The lowest BCUT2D eigenvalue weighted by Gasteiger charge is -2.12. The van der Waals surface area contributed by atoms with Crippen molar-refractivity contribution in [3.05, 3.63) is 29.6 Å². The predicted molar refractivity (Wildman–Crippen MR) is 58.6 cm³/mol. The molecule has 1 unspecified atom stereocenters. The molecule has 2 N–H and O–H groups in total. The van der Waals surface area contributed by atoms with Gasteiger partial charge in [0.2, 0.25) is 0 Å². The van der Waals surface area contributed by atoms with Crippen molar-refractivity contribution in [2.75, 3.05) is 26.9 Å². The van der Waals surface area contributed by atoms with Crippen LogP contribution in [-0.4, -0.2) is 31.9 Å². The second-order valence-electron chi connectivity index (χ2n) is 3.47. The van der Waals surface area contributed by atoms with Gasteiger partial charge in [-0.05, 0) is 18.1 Å². The second kappa shape index (κ2) is 6.50. The van der Waals surface area contributed by atoms with E-state index in [9.17, 15) is 0 Å². The summed E-state index contributed by atoms with van der Waals surface area (Å²) in [5, 5.41) is 0. The molecule has 4 nitrogen and oxygen atoms in total. The first-order chi connectivity index (χ1) is 7.24. The minimum atomic E-state index is -0.116. The standard InChI is InChI=1S/C11H18N2O2/c1-9-5-10(7-13-6-9)11(12)8-15-4-3-14-2/h5-7,11H,3-4,8,12H2,1-2H3. The van der Waals surface area contributed by atoms with Gasteiger partial charge in [-0.15, -0.1) is 0 Å². The van der Waals surface area contributed by atoms with Gasteiger partial charge in [0, 0.05) is 19.5 Å². The van der Waals surface area contributed by atoms with Gasteiger partial charge in [-0.3, -0.25) is 4.98 Å². The Bertz CT molecular complexity index is 292. The average molecular weight is 210 g/mol. The van der Waals surface area contributed by atoms with Gasteiger partial charge in [0.05, 0.1) is 25.9 Å². The molecule has 1 atom stereocenters. The third kappa shape index (κ3) is 4.38. The fourth-order valence-electron chi connectivity index (χ4n) is 1.23. The van der Waals surface area contributed by atoms with Crippen LogP contribution in [-0.2, 0) is 9.47 Å². The lowest BCUT2D eigenvalue weighted by Crippen LogP contribution is -2.18. The Morgan fingerprint density at radius 2 is 2.20 bits per heavy atom. The molecule has 0 radical (unpaired) electrons. The van der Waals surface area contributed by atoms with Crippen LogP contribution in [0.1, 0.15) is 17.2 Å². The van der Waals surface area contributed by atoms with Crippen LogP contribution in [0.5, 0.6) is 0 Å². The molecule has 0 aromatic carbocycles. The van der Waals surface area contributed by atoms with E-state index in [0.717, 1.165) is 11.1 Å². The van der Waals surface area contributed by atoms with Gasteiger partial charge < -0.3 is 15.2 Å². The molecule has 0 bridgehead atoms. The quantitative estimate of drug-likeness (QED) is 0.713. The topological polar surface area (TPSA) is 57.4 Å². The molecule has 0 amide bonds. The molecule has 0 spiro atoms. The van der Waals surface area contributed by atoms with Crippen LogP contribution >= 0.6 is 0 Å². The number of hydrogen-bond donors (Lipinski definition) is 1. The zero-order chi connectivity index (χ0) is 11.1. The summed E-state index contributed by atoms with van der Waals surface area (Å²) in [4.78, 5) is 4.09. The molecule has 0 saturated heterocycles. The third-order valence-electron chi connectivity index (χ3n) is 2.05. The molecule has 1 aromatic heterocycles. The summed E-state index contributed by atoms with van der Waals surface area (Å²) >= 11 is 0. The van der Waals surface area contributed by atoms with Gasteiger partial charge in [0.25, 0.3) is 0 Å². The molecule has 0 aliphatic heterocycles. The van der Waals surface area contributed by atoms with Crippen LogP contribution in [0, 0.1) is 6.92 Å². The highest BCUT2D eigenvalue weighted by molar-refractivity contribution is 5.19. The lowest BCUT2D eigenvalue weighted by molar-refractivity contribution is 0.0635. The number of aromatic nitrogens is 1. The molecule has 4 heteroatoms. The fourth-order valence-corrected chi connectivity index (χ4v) is 1.23. The number of ether oxygens (including phenoxy) is 2. The first-order valence-electron chi connectivity index (χ1n) is 4.98. The van der Waals surface area contributed by atoms with Crippen molar-refractivity contribution in [2.24, 2.45) is 5.73 Å². The van der Waals surface area contributed by atoms with E-state index in [1.807, 2.05) is 19.2 Å². The van der Waals surface area contributed by atoms with E-state index < -0.39 is 0 Å². The van der Waals surface area contributed by atoms with Crippen LogP contribution < -0.4 is 5.73 Å². The van der Waals surface area contributed by atoms with Crippen molar-refractivity contribution in [1.29, 1.82) is 0 Å². The van der Waals surface area contributed by atoms with Gasteiger partial charge in [-0.2, -0.15) is 0 Å². The summed E-state index contributed by atoms with van der Waals surface area (Å²) in [6.45, 7) is 3.66. The molecule has 0 aliphatic carbocycles. The van der Waals surface area contributed by atoms with Gasteiger partial charge in [-0.1, -0.05) is 6.07 Å². The van der Waals surface area contributed by atoms with Crippen molar-refractivity contribution in [1.82, 2.24) is 4.98 Å². The molecular formula is C11H18N2O2. The third-order valence-corrected chi connectivity index (χ3v) is 2.05. The molecule has 1 aromatic rings. The van der Waals surface area contributed by atoms with Crippen molar-refractivity contribution in [3.63, 3.8) is 0 Å². The largest absolute Gasteiger partial charge is 0.382 e. The zero-order valence-corrected chi connectivity index (χ0v) is 9.27. The van der Waals surface area contributed by atoms with Gasteiger partial charge in [0.1, 0.15) is 0 Å². The van der Waals surface area contributed by atoms with Crippen LogP contribution in [0.15, 0.2) is 18.5 Å². The van der Waals surface area contributed by atoms with Crippen LogP contribution in [0.25, 0.3) is 0 Å². The number of nitrogens with zero attached hydrogens (tertiary/aromatic N) is 1. The number of methoxy groups -OCH3 is 1. The molecule has 0 fully saturated rings. The normalized spacial score (nSPS) is 12.7. The van der Waals surface area contributed by atoms with Crippen molar-refractivity contribution in [3.8, 4) is 0 Å². The number of pyridine rings is 1. The number of hydrogen-bond acceptors (Lipinski definition) is 4. The summed E-state index contributed by atoms with van der Waals surface area (Å²) < 4.78 is 10.2. The van der Waals surface area contributed by atoms with Crippen molar-refractivity contribution in [2.45, 2.75) is 13.0 Å². The zero-order valence-electron chi connectivity index (χ0n) is 9.27. The molecule has 84 valence electrons. The highest BCUT2D eigenvalue weighted by atomic mass is 16.5. The van der Waals surface area contributed by atoms with Crippen LogP contribution in [0.4, 0.5) is 0 Å². The minimum Gasteiger partial charge on any atom is -0.382 e. The summed E-state index contributed by atoms with van der Waals surface area (Å²) in [5.41, 5.74) is 8.06. The molecule has 1 rings (SSSR count). The highest BCUT2D eigenvalue weighted by Gasteiger charge is 2.06. The van der Waals surface area contributed by atoms with E-state index >= 15 is 0 Å². The molecular weight excluding hydrogens is 192 g/mol. The smallest absolute Gasteiger partial charge is 0.0701 e. The van der Waals surface area contributed by atoms with Crippen LogP contribution in [0.3, 0.4) is 0 Å². The number of aryl methyl sites for hydroxylation is 1. The van der Waals surface area contributed by atoms with E-state index in [-0.39, 0.29) is 6.04 Å². The molecule has 0 saturated carbocycles. The summed E-state index contributed by atoms with van der Waals surface area (Å²) in [5.74, 6) is 0. The van der Waals surface area contributed by atoms with Gasteiger partial charge in [-0.25, -0.2) is 0 Å². The Hall–Kier alpha value is -0.970. The van der Waals surface area contributed by atoms with E-state index in [1.165, 1.54) is 0 Å². The molecule has 0 aliphatic rings.